The van der Waals surface area contributed by atoms with Crippen molar-refractivity contribution in [1.29, 1.82) is 0 Å². The van der Waals surface area contributed by atoms with Gasteiger partial charge < -0.3 is 5.32 Å². The highest BCUT2D eigenvalue weighted by Gasteiger charge is 2.17. The van der Waals surface area contributed by atoms with Crippen molar-refractivity contribution in [2.75, 3.05) is 5.32 Å². The van der Waals surface area contributed by atoms with Gasteiger partial charge in [-0.2, -0.15) is 19.9 Å². The van der Waals surface area contributed by atoms with Crippen LogP contribution in [0.15, 0.2) is 65.6 Å². The van der Waals surface area contributed by atoms with Gasteiger partial charge in [0, 0.05) is 6.07 Å². The lowest BCUT2D eigenvalue weighted by atomic mass is 10.1. The summed E-state index contributed by atoms with van der Waals surface area (Å²) in [6.45, 7) is 5.86. The molecule has 170 valence electrons. The molecule has 0 atom stereocenters. The summed E-state index contributed by atoms with van der Waals surface area (Å²) in [7, 11) is 0. The van der Waals surface area contributed by atoms with Crippen LogP contribution in [0, 0.1) is 20.8 Å². The minimum absolute atomic E-state index is 0.186. The topological polar surface area (TPSA) is 110 Å². The number of aromatic nitrogens is 6. The van der Waals surface area contributed by atoms with Gasteiger partial charge in [0.1, 0.15) is 11.2 Å². The van der Waals surface area contributed by atoms with Crippen LogP contribution in [0.4, 0.5) is 5.82 Å². The van der Waals surface area contributed by atoms with Gasteiger partial charge in [-0.3, -0.25) is 14.6 Å². The second kappa shape index (κ2) is 8.43. The van der Waals surface area contributed by atoms with E-state index in [4.69, 9.17) is 0 Å². The van der Waals surface area contributed by atoms with Crippen LogP contribution in [-0.2, 0) is 11.2 Å². The van der Waals surface area contributed by atoms with Gasteiger partial charge in [-0.15, -0.1) is 0 Å². The minimum Gasteiger partial charge on any atom is -0.310 e. The van der Waals surface area contributed by atoms with Gasteiger partial charge in [0.2, 0.25) is 11.9 Å². The van der Waals surface area contributed by atoms with Crippen LogP contribution in [0.25, 0.3) is 22.7 Å². The molecule has 2 aromatic carbocycles. The van der Waals surface area contributed by atoms with Gasteiger partial charge >= 0.3 is 0 Å². The van der Waals surface area contributed by atoms with E-state index in [0.29, 0.717) is 22.5 Å². The van der Waals surface area contributed by atoms with Crippen LogP contribution in [0.5, 0.6) is 0 Å². The van der Waals surface area contributed by atoms with Gasteiger partial charge in [-0.1, -0.05) is 36.4 Å². The number of aryl methyl sites for hydroxylation is 3. The number of rotatable bonds is 5. The van der Waals surface area contributed by atoms with E-state index < -0.39 is 0 Å². The quantitative estimate of drug-likeness (QED) is 0.424. The maximum Gasteiger partial charge on any atom is 0.263 e. The van der Waals surface area contributed by atoms with Crippen molar-refractivity contribution in [3.05, 3.63) is 93.5 Å². The van der Waals surface area contributed by atoms with Crippen LogP contribution in [0.1, 0.15) is 22.4 Å². The molecule has 1 amide bonds. The first kappa shape index (κ1) is 21.3. The zero-order valence-corrected chi connectivity index (χ0v) is 19.0. The Kier molecular flexibility index (Phi) is 5.29. The minimum atomic E-state index is -0.343. The lowest BCUT2D eigenvalue weighted by Gasteiger charge is -2.09. The van der Waals surface area contributed by atoms with E-state index in [2.05, 4.69) is 25.5 Å². The van der Waals surface area contributed by atoms with Crippen molar-refractivity contribution in [3.8, 4) is 11.6 Å². The van der Waals surface area contributed by atoms with E-state index in [0.717, 1.165) is 22.4 Å². The molecule has 3 heterocycles. The molecule has 0 aliphatic carbocycles. The Bertz CT molecular complexity index is 1580. The van der Waals surface area contributed by atoms with Crippen LogP contribution in [-0.4, -0.2) is 35.4 Å². The largest absolute Gasteiger partial charge is 0.310 e. The Morgan fingerprint density at radius 3 is 2.56 bits per heavy atom. The van der Waals surface area contributed by atoms with Gasteiger partial charge in [-0.25, -0.2) is 4.68 Å². The number of nitrogens with one attached hydrogen (secondary N) is 2. The van der Waals surface area contributed by atoms with Crippen molar-refractivity contribution in [3.63, 3.8) is 0 Å². The molecule has 0 saturated carbocycles. The lowest BCUT2D eigenvalue weighted by Crippen LogP contribution is -2.20. The number of carbonyl (C=O) groups is 1. The molecule has 0 aliphatic heterocycles. The van der Waals surface area contributed by atoms with E-state index in [1.165, 1.54) is 10.9 Å². The Hall–Kier alpha value is -4.53. The number of hydrogen-bond acceptors (Lipinski definition) is 5. The molecule has 34 heavy (non-hydrogen) atoms. The first-order chi connectivity index (χ1) is 16.4. The zero-order chi connectivity index (χ0) is 23.8. The number of H-pyrrole nitrogens is 1. The number of aromatic amines is 1. The first-order valence-corrected chi connectivity index (χ1v) is 10.9. The van der Waals surface area contributed by atoms with E-state index >= 15 is 0 Å². The summed E-state index contributed by atoms with van der Waals surface area (Å²) in [6.07, 6.45) is 1.71. The third-order valence-corrected chi connectivity index (χ3v) is 5.67. The second-order valence-electron chi connectivity index (χ2n) is 8.25. The van der Waals surface area contributed by atoms with Crippen molar-refractivity contribution in [2.45, 2.75) is 27.2 Å². The molecule has 0 radical (unpaired) electrons. The first-order valence-electron chi connectivity index (χ1n) is 10.9. The Morgan fingerprint density at radius 2 is 1.79 bits per heavy atom. The smallest absolute Gasteiger partial charge is 0.263 e. The monoisotopic (exact) mass is 453 g/mol. The van der Waals surface area contributed by atoms with Crippen molar-refractivity contribution < 1.29 is 4.79 Å². The Morgan fingerprint density at radius 1 is 1.00 bits per heavy atom. The summed E-state index contributed by atoms with van der Waals surface area (Å²) in [5, 5.41) is 12.1. The molecule has 9 heteroatoms. The lowest BCUT2D eigenvalue weighted by molar-refractivity contribution is -0.115. The fourth-order valence-electron chi connectivity index (χ4n) is 3.77. The summed E-state index contributed by atoms with van der Waals surface area (Å²) < 4.78 is 3.06. The fourth-order valence-corrected chi connectivity index (χ4v) is 3.77. The molecule has 5 aromatic rings. The molecule has 0 bridgehead atoms. The van der Waals surface area contributed by atoms with Crippen LogP contribution in [0.2, 0.25) is 0 Å². The van der Waals surface area contributed by atoms with Gasteiger partial charge in [0.05, 0.1) is 24.0 Å². The molecule has 0 aliphatic rings. The normalized spacial score (nSPS) is 11.1. The number of benzene rings is 2. The standard InChI is InChI=1S/C25H23N7O2/c1-15-9-10-19(11-16(15)2)31-23-20(14-26-31)24(34)29-25(28-23)32-21(12-17(3)30-32)27-22(33)13-18-7-5-4-6-8-18/h4-12,14H,13H2,1-3H3,(H,27,33)(H,28,29,34). The van der Waals surface area contributed by atoms with Crippen molar-refractivity contribution >= 4 is 22.8 Å². The molecule has 2 N–H and O–H groups in total. The Labute approximate surface area is 195 Å². The zero-order valence-electron chi connectivity index (χ0n) is 19.0. The van der Waals surface area contributed by atoms with Gasteiger partial charge in [-0.05, 0) is 49.6 Å². The average Bonchev–Trinajstić information content (AvgIpc) is 3.40. The number of carbonyl (C=O) groups excluding carboxylic acids is 1. The summed E-state index contributed by atoms with van der Waals surface area (Å²) in [6, 6.07) is 17.1. The van der Waals surface area contributed by atoms with E-state index in [1.54, 1.807) is 17.7 Å². The SMILES string of the molecule is Cc1cc(NC(=O)Cc2ccccc2)n(-c2nc3c(cnn3-c3ccc(C)c(C)c3)c(=O)[nH]2)n1. The molecular formula is C25H23N7O2. The maximum absolute atomic E-state index is 12.8. The maximum atomic E-state index is 12.8. The van der Waals surface area contributed by atoms with Gasteiger partial charge in [0.25, 0.3) is 5.56 Å². The fraction of sp³-hybridized carbons (Fsp3) is 0.160. The summed E-state index contributed by atoms with van der Waals surface area (Å²) in [5.41, 5.74) is 4.69. The molecule has 3 aromatic heterocycles. The highest BCUT2D eigenvalue weighted by molar-refractivity contribution is 5.91. The van der Waals surface area contributed by atoms with Crippen LogP contribution >= 0.6 is 0 Å². The molecule has 9 nitrogen and oxygen atoms in total. The third-order valence-electron chi connectivity index (χ3n) is 5.67. The molecule has 0 saturated heterocycles. The van der Waals surface area contributed by atoms with E-state index in [9.17, 15) is 9.59 Å². The summed E-state index contributed by atoms with van der Waals surface area (Å²) >= 11 is 0. The summed E-state index contributed by atoms with van der Waals surface area (Å²) in [4.78, 5) is 32.9. The second-order valence-corrected chi connectivity index (χ2v) is 8.25. The highest BCUT2D eigenvalue weighted by atomic mass is 16.1. The van der Waals surface area contributed by atoms with Crippen molar-refractivity contribution in [1.82, 2.24) is 29.5 Å². The molecule has 5 rings (SSSR count). The van der Waals surface area contributed by atoms with E-state index in [1.807, 2.05) is 62.4 Å². The molecule has 0 spiro atoms. The number of hydrogen-bond donors (Lipinski definition) is 2. The molecule has 0 fully saturated rings. The van der Waals surface area contributed by atoms with Gasteiger partial charge in [0.15, 0.2) is 5.65 Å². The van der Waals surface area contributed by atoms with Crippen LogP contribution in [0.3, 0.4) is 0 Å². The number of fused-ring (bicyclic) bond motifs is 1. The number of anilines is 1. The van der Waals surface area contributed by atoms with Crippen molar-refractivity contribution in [2.24, 2.45) is 0 Å². The predicted molar refractivity (Wildman–Crippen MR) is 130 cm³/mol. The molecular weight excluding hydrogens is 430 g/mol. The third kappa shape index (κ3) is 3.99. The predicted octanol–water partition coefficient (Wildman–Crippen LogP) is 3.40. The Balaban J connectivity index is 1.54. The summed E-state index contributed by atoms with van der Waals surface area (Å²) in [5.74, 6) is 0.403. The highest BCUT2D eigenvalue weighted by Crippen LogP contribution is 2.20. The van der Waals surface area contributed by atoms with E-state index in [-0.39, 0.29) is 23.8 Å². The number of amides is 1. The number of nitrogens with zero attached hydrogens (tertiary/aromatic N) is 5. The van der Waals surface area contributed by atoms with Crippen LogP contribution < -0.4 is 10.9 Å². The molecule has 0 unspecified atom stereocenters. The average molecular weight is 454 g/mol.